The number of hydrogen-bond acceptors (Lipinski definition) is 3. The fourth-order valence-corrected chi connectivity index (χ4v) is 5.46. The van der Waals surface area contributed by atoms with Gasteiger partial charge in [-0.3, -0.25) is 4.98 Å². The monoisotopic (exact) mass is 358 g/mol. The second-order valence-corrected chi connectivity index (χ2v) is 8.80. The van der Waals surface area contributed by atoms with E-state index in [4.69, 9.17) is 0 Å². The Balaban J connectivity index is 1.77. The third-order valence-electron chi connectivity index (χ3n) is 4.76. The number of halogens is 1. The third kappa shape index (κ3) is 2.65. The molecule has 20 heavy (non-hydrogen) atoms. The highest BCUT2D eigenvalue weighted by molar-refractivity contribution is 9.10. The van der Waals surface area contributed by atoms with Gasteiger partial charge in [-0.2, -0.15) is 4.31 Å². The van der Waals surface area contributed by atoms with E-state index < -0.39 is 10.0 Å². The highest BCUT2D eigenvalue weighted by Gasteiger charge is 2.40. The molecule has 2 heterocycles. The minimum Gasteiger partial charge on any atom is -0.262 e. The van der Waals surface area contributed by atoms with Gasteiger partial charge in [-0.05, 0) is 53.1 Å². The maximum absolute atomic E-state index is 12.6. The molecule has 0 aromatic carbocycles. The molecule has 2 aliphatic rings. The van der Waals surface area contributed by atoms with Gasteiger partial charge in [0.15, 0.2) is 0 Å². The topological polar surface area (TPSA) is 50.3 Å². The van der Waals surface area contributed by atoms with Gasteiger partial charge >= 0.3 is 0 Å². The van der Waals surface area contributed by atoms with Crippen LogP contribution in [0.2, 0.25) is 0 Å². The molecule has 0 amide bonds. The Bertz CT molecular complexity index is 587. The van der Waals surface area contributed by atoms with Crippen molar-refractivity contribution in [2.24, 2.45) is 5.41 Å². The molecule has 3 rings (SSSR count). The van der Waals surface area contributed by atoms with Crippen LogP contribution in [0.3, 0.4) is 0 Å². The Hall–Kier alpha value is -0.460. The van der Waals surface area contributed by atoms with Gasteiger partial charge in [-0.1, -0.05) is 12.8 Å². The van der Waals surface area contributed by atoms with Crippen LogP contribution in [0.5, 0.6) is 0 Å². The summed E-state index contributed by atoms with van der Waals surface area (Å²) in [5.74, 6) is 0. The van der Waals surface area contributed by atoms with E-state index in [2.05, 4.69) is 20.9 Å². The lowest BCUT2D eigenvalue weighted by atomic mass is 9.78. The molecule has 6 heteroatoms. The van der Waals surface area contributed by atoms with Crippen LogP contribution in [-0.2, 0) is 10.0 Å². The highest BCUT2D eigenvalue weighted by atomic mass is 79.9. The normalized spacial score (nSPS) is 23.2. The first kappa shape index (κ1) is 14.5. The smallest absolute Gasteiger partial charge is 0.244 e. The van der Waals surface area contributed by atoms with E-state index in [0.717, 1.165) is 12.8 Å². The maximum atomic E-state index is 12.6. The van der Waals surface area contributed by atoms with Crippen molar-refractivity contribution >= 4 is 26.0 Å². The molecule has 1 aliphatic heterocycles. The van der Waals surface area contributed by atoms with Gasteiger partial charge in [0.25, 0.3) is 0 Å². The SMILES string of the molecule is O=S(=O)(c1cncc(Br)c1)N1CCC2(CCCC2)CC1. The lowest BCUT2D eigenvalue weighted by Gasteiger charge is -2.38. The molecular formula is C14H19BrN2O2S. The maximum Gasteiger partial charge on any atom is 0.244 e. The number of pyridine rings is 1. The Morgan fingerprint density at radius 2 is 1.75 bits per heavy atom. The molecule has 0 unspecified atom stereocenters. The molecule has 1 saturated carbocycles. The van der Waals surface area contributed by atoms with E-state index in [1.807, 2.05) is 0 Å². The molecule has 1 saturated heterocycles. The number of sulfonamides is 1. The molecule has 1 aliphatic carbocycles. The predicted octanol–water partition coefficient (Wildman–Crippen LogP) is 3.19. The number of nitrogens with zero attached hydrogens (tertiary/aromatic N) is 2. The number of aromatic nitrogens is 1. The molecule has 110 valence electrons. The van der Waals surface area contributed by atoms with Gasteiger partial charge in [0, 0.05) is 30.0 Å². The predicted molar refractivity (Wildman–Crippen MR) is 80.8 cm³/mol. The Morgan fingerprint density at radius 1 is 1.10 bits per heavy atom. The van der Waals surface area contributed by atoms with Crippen LogP contribution in [0.4, 0.5) is 0 Å². The summed E-state index contributed by atoms with van der Waals surface area (Å²) in [6, 6.07) is 1.63. The fourth-order valence-electron chi connectivity index (χ4n) is 3.51. The van der Waals surface area contributed by atoms with Crippen molar-refractivity contribution in [3.8, 4) is 0 Å². The average molecular weight is 359 g/mol. The first-order valence-corrected chi connectivity index (χ1v) is 9.36. The molecule has 1 aromatic heterocycles. The molecule has 0 N–H and O–H groups in total. The Kier molecular flexibility index (Phi) is 3.90. The van der Waals surface area contributed by atoms with E-state index >= 15 is 0 Å². The summed E-state index contributed by atoms with van der Waals surface area (Å²) in [5, 5.41) is 0. The van der Waals surface area contributed by atoms with Crippen LogP contribution in [0.1, 0.15) is 38.5 Å². The number of rotatable bonds is 2. The highest BCUT2D eigenvalue weighted by Crippen LogP contribution is 2.46. The van der Waals surface area contributed by atoms with Gasteiger partial charge in [0.05, 0.1) is 0 Å². The molecule has 4 nitrogen and oxygen atoms in total. The molecular weight excluding hydrogens is 340 g/mol. The van der Waals surface area contributed by atoms with Crippen LogP contribution >= 0.6 is 15.9 Å². The lowest BCUT2D eigenvalue weighted by molar-refractivity contribution is 0.160. The van der Waals surface area contributed by atoms with Gasteiger partial charge in [-0.15, -0.1) is 0 Å². The van der Waals surface area contributed by atoms with Crippen LogP contribution in [-0.4, -0.2) is 30.8 Å². The Morgan fingerprint density at radius 3 is 2.35 bits per heavy atom. The minimum atomic E-state index is -3.39. The van der Waals surface area contributed by atoms with E-state index in [0.29, 0.717) is 23.0 Å². The first-order chi connectivity index (χ1) is 9.52. The third-order valence-corrected chi connectivity index (χ3v) is 7.06. The van der Waals surface area contributed by atoms with Gasteiger partial charge in [0.1, 0.15) is 4.90 Å². The molecule has 1 spiro atoms. The zero-order valence-corrected chi connectivity index (χ0v) is 13.8. The van der Waals surface area contributed by atoms with Crippen LogP contribution in [0.25, 0.3) is 0 Å². The quantitative estimate of drug-likeness (QED) is 0.815. The second kappa shape index (κ2) is 5.39. The lowest BCUT2D eigenvalue weighted by Crippen LogP contribution is -2.42. The summed E-state index contributed by atoms with van der Waals surface area (Å²) in [6.07, 6.45) is 10.2. The summed E-state index contributed by atoms with van der Waals surface area (Å²) in [6.45, 7) is 1.30. The summed E-state index contributed by atoms with van der Waals surface area (Å²) in [7, 11) is -3.39. The standard InChI is InChI=1S/C14H19BrN2O2S/c15-12-9-13(11-16-10-12)20(18,19)17-7-5-14(6-8-17)3-1-2-4-14/h9-11H,1-8H2. The second-order valence-electron chi connectivity index (χ2n) is 5.95. The van der Waals surface area contributed by atoms with Crippen molar-refractivity contribution in [1.82, 2.24) is 9.29 Å². The van der Waals surface area contributed by atoms with Crippen molar-refractivity contribution in [3.63, 3.8) is 0 Å². The molecule has 0 bridgehead atoms. The van der Waals surface area contributed by atoms with E-state index in [1.165, 1.54) is 31.9 Å². The molecule has 0 atom stereocenters. The minimum absolute atomic E-state index is 0.286. The van der Waals surface area contributed by atoms with Crippen molar-refractivity contribution in [1.29, 1.82) is 0 Å². The molecule has 2 fully saturated rings. The van der Waals surface area contributed by atoms with Crippen molar-refractivity contribution in [2.75, 3.05) is 13.1 Å². The summed E-state index contributed by atoms with van der Waals surface area (Å²) in [4.78, 5) is 4.25. The molecule has 0 radical (unpaired) electrons. The van der Waals surface area contributed by atoms with E-state index in [9.17, 15) is 8.42 Å². The number of piperidine rings is 1. The van der Waals surface area contributed by atoms with E-state index in [-0.39, 0.29) is 4.90 Å². The van der Waals surface area contributed by atoms with Crippen molar-refractivity contribution < 1.29 is 8.42 Å². The van der Waals surface area contributed by atoms with Crippen LogP contribution < -0.4 is 0 Å². The largest absolute Gasteiger partial charge is 0.262 e. The fraction of sp³-hybridized carbons (Fsp3) is 0.643. The average Bonchev–Trinajstić information content (AvgIpc) is 2.87. The van der Waals surface area contributed by atoms with Gasteiger partial charge in [-0.25, -0.2) is 8.42 Å². The van der Waals surface area contributed by atoms with Crippen LogP contribution in [0, 0.1) is 5.41 Å². The van der Waals surface area contributed by atoms with E-state index in [1.54, 1.807) is 16.6 Å². The van der Waals surface area contributed by atoms with Gasteiger partial charge in [0.2, 0.25) is 10.0 Å². The number of hydrogen-bond donors (Lipinski definition) is 0. The van der Waals surface area contributed by atoms with Gasteiger partial charge < -0.3 is 0 Å². The van der Waals surface area contributed by atoms with Crippen molar-refractivity contribution in [2.45, 2.75) is 43.4 Å². The summed E-state index contributed by atoms with van der Waals surface area (Å²) in [5.41, 5.74) is 0.432. The molecule has 1 aromatic rings. The zero-order valence-electron chi connectivity index (χ0n) is 11.4. The summed E-state index contributed by atoms with van der Waals surface area (Å²) >= 11 is 3.28. The Labute approximate surface area is 128 Å². The van der Waals surface area contributed by atoms with Crippen molar-refractivity contribution in [3.05, 3.63) is 22.9 Å². The summed E-state index contributed by atoms with van der Waals surface area (Å²) < 4.78 is 27.5. The van der Waals surface area contributed by atoms with Crippen LogP contribution in [0.15, 0.2) is 27.8 Å². The first-order valence-electron chi connectivity index (χ1n) is 7.13. The zero-order chi connectivity index (χ0) is 14.2.